The molecule has 7 atom stereocenters. The first-order chi connectivity index (χ1) is 14.7. The molecule has 0 spiro atoms. The molecule has 0 aromatic heterocycles. The summed E-state index contributed by atoms with van der Waals surface area (Å²) in [6.45, 7) is 6.63. The van der Waals surface area contributed by atoms with Crippen molar-refractivity contribution in [3.05, 3.63) is 11.6 Å². The van der Waals surface area contributed by atoms with Gasteiger partial charge in [-0.1, -0.05) is 32.3 Å². The maximum atomic E-state index is 12.6. The Morgan fingerprint density at radius 1 is 1.06 bits per heavy atom. The number of Topliss-reactive ketones (excluding diaryl/α,β-unsaturated/α-hetero) is 1. The second kappa shape index (κ2) is 8.48. The van der Waals surface area contributed by atoms with E-state index in [1.54, 1.807) is 6.92 Å². The quantitative estimate of drug-likeness (QED) is 0.506. The van der Waals surface area contributed by atoms with Crippen LogP contribution in [0, 0.1) is 40.4 Å². The van der Waals surface area contributed by atoms with E-state index in [4.69, 9.17) is 5.11 Å². The minimum atomic E-state index is -0.717. The number of carbonyl (C=O) groups is 3. The van der Waals surface area contributed by atoms with Gasteiger partial charge in [0.1, 0.15) is 5.78 Å². The molecule has 0 aromatic rings. The number of hydrogen-bond donors (Lipinski definition) is 1. The van der Waals surface area contributed by atoms with E-state index in [0.717, 1.165) is 44.9 Å². The molecule has 0 aromatic carbocycles. The molecule has 4 aliphatic carbocycles. The number of allylic oxidation sites excluding steroid dienone is 1. The molecule has 0 amide bonds. The summed E-state index contributed by atoms with van der Waals surface area (Å²) >= 11 is 0. The van der Waals surface area contributed by atoms with Gasteiger partial charge in [-0.15, -0.1) is 0 Å². The highest BCUT2D eigenvalue weighted by Gasteiger charge is 2.61. The number of carbonyl (C=O) groups excluding carboxylic acids is 2. The zero-order valence-corrected chi connectivity index (χ0v) is 19.6. The average Bonchev–Trinajstić information content (AvgIpc) is 3.05. The predicted octanol–water partition coefficient (Wildman–Crippen LogP) is 5.98. The van der Waals surface area contributed by atoms with Crippen molar-refractivity contribution in [1.82, 2.24) is 0 Å². The average molecular weight is 429 g/mol. The van der Waals surface area contributed by atoms with E-state index in [9.17, 15) is 14.4 Å². The third-order valence-electron chi connectivity index (χ3n) is 10.2. The lowest BCUT2D eigenvalue weighted by Crippen LogP contribution is -2.53. The van der Waals surface area contributed by atoms with Crippen molar-refractivity contribution in [3.63, 3.8) is 0 Å². The second-order valence-corrected chi connectivity index (χ2v) is 11.5. The molecule has 4 nitrogen and oxygen atoms in total. The van der Waals surface area contributed by atoms with Gasteiger partial charge >= 0.3 is 5.97 Å². The molecule has 4 aliphatic rings. The predicted molar refractivity (Wildman–Crippen MR) is 120 cm³/mol. The summed E-state index contributed by atoms with van der Waals surface area (Å²) in [7, 11) is 0. The van der Waals surface area contributed by atoms with Crippen LogP contribution in [-0.2, 0) is 14.4 Å². The van der Waals surface area contributed by atoms with Gasteiger partial charge in [-0.05, 0) is 98.9 Å². The number of fused-ring (bicyclic) bond motifs is 5. The van der Waals surface area contributed by atoms with Crippen LogP contribution in [0.15, 0.2) is 11.6 Å². The number of carboxylic acids is 1. The number of aliphatic carboxylic acids is 1. The van der Waals surface area contributed by atoms with Crippen molar-refractivity contribution >= 4 is 17.5 Å². The van der Waals surface area contributed by atoms with Crippen LogP contribution in [0.3, 0.4) is 0 Å². The van der Waals surface area contributed by atoms with Gasteiger partial charge in [-0.3, -0.25) is 14.4 Å². The molecule has 0 saturated heterocycles. The van der Waals surface area contributed by atoms with E-state index in [1.807, 2.05) is 6.08 Å². The molecule has 172 valence electrons. The Kier molecular flexibility index (Phi) is 6.22. The van der Waals surface area contributed by atoms with Gasteiger partial charge in [0.25, 0.3) is 0 Å². The Morgan fingerprint density at radius 2 is 1.84 bits per heavy atom. The first-order valence-corrected chi connectivity index (χ1v) is 12.6. The summed E-state index contributed by atoms with van der Waals surface area (Å²) in [5.41, 5.74) is 1.66. The molecule has 4 heteroatoms. The molecule has 3 saturated carbocycles. The highest BCUT2D eigenvalue weighted by molar-refractivity contribution is 5.92. The van der Waals surface area contributed by atoms with Gasteiger partial charge < -0.3 is 5.11 Å². The van der Waals surface area contributed by atoms with Crippen LogP contribution >= 0.6 is 0 Å². The summed E-state index contributed by atoms with van der Waals surface area (Å²) in [6, 6.07) is 0. The van der Waals surface area contributed by atoms with Gasteiger partial charge in [0.05, 0.1) is 0 Å². The van der Waals surface area contributed by atoms with Gasteiger partial charge in [0.15, 0.2) is 5.78 Å². The summed E-state index contributed by atoms with van der Waals surface area (Å²) in [5.74, 6) is 2.51. The fourth-order valence-electron chi connectivity index (χ4n) is 8.68. The van der Waals surface area contributed by atoms with E-state index in [-0.39, 0.29) is 23.2 Å². The van der Waals surface area contributed by atoms with Gasteiger partial charge in [-0.25, -0.2) is 0 Å². The van der Waals surface area contributed by atoms with Crippen LogP contribution in [0.4, 0.5) is 0 Å². The molecule has 4 rings (SSSR count). The Morgan fingerprint density at radius 3 is 2.55 bits per heavy atom. The van der Waals surface area contributed by atoms with E-state index in [0.29, 0.717) is 41.7 Å². The Hall–Kier alpha value is -1.45. The van der Waals surface area contributed by atoms with Crippen LogP contribution < -0.4 is 0 Å². The maximum absolute atomic E-state index is 12.6. The minimum absolute atomic E-state index is 0.0965. The lowest BCUT2D eigenvalue weighted by Gasteiger charge is -2.60. The summed E-state index contributed by atoms with van der Waals surface area (Å²) in [6.07, 6.45) is 13.4. The number of ketones is 2. The van der Waals surface area contributed by atoms with Gasteiger partial charge in [-0.2, -0.15) is 0 Å². The fraction of sp³-hybridized carbons (Fsp3) is 0.815. The van der Waals surface area contributed by atoms with E-state index >= 15 is 0 Å². The standard InChI is InChI=1S/C27H40O4/c1-17(28)22-11-12-23-21-10-9-19-16-20(29)15-18(7-5-4-6-8-25(30)31)27(19,3)24(21)13-14-26(22,23)2/h16,18,21-24H,4-15H2,1-3H3,(H,30,31)/t18?,21-,22-,23-,24-,26+,27-/m0/s1. The monoisotopic (exact) mass is 428 g/mol. The van der Waals surface area contributed by atoms with E-state index in [1.165, 1.54) is 24.8 Å². The number of rotatable bonds is 7. The summed E-state index contributed by atoms with van der Waals surface area (Å²) < 4.78 is 0. The van der Waals surface area contributed by atoms with Crippen molar-refractivity contribution in [2.75, 3.05) is 0 Å². The SMILES string of the molecule is CC(=O)[C@@H]1CC[C@H]2[C@@H]3CCC4=CC(=O)CC(CCCCCC(=O)O)[C@]4(C)[C@H]3CC[C@]12C. The largest absolute Gasteiger partial charge is 0.481 e. The van der Waals surface area contributed by atoms with Crippen LogP contribution in [0.25, 0.3) is 0 Å². The number of carboxylic acid groups (broad SMARTS) is 1. The molecule has 1 N–H and O–H groups in total. The summed E-state index contributed by atoms with van der Waals surface area (Å²) in [4.78, 5) is 35.8. The Bertz CT molecular complexity index is 782. The van der Waals surface area contributed by atoms with Crippen molar-refractivity contribution in [3.8, 4) is 0 Å². The Labute approximate surface area is 187 Å². The smallest absolute Gasteiger partial charge is 0.303 e. The molecule has 0 aliphatic heterocycles. The maximum Gasteiger partial charge on any atom is 0.303 e. The minimum Gasteiger partial charge on any atom is -0.481 e. The van der Waals surface area contributed by atoms with Crippen molar-refractivity contribution in [1.29, 1.82) is 0 Å². The molecule has 0 radical (unpaired) electrons. The first kappa shape index (κ1) is 22.7. The molecule has 1 unspecified atom stereocenters. The first-order valence-electron chi connectivity index (χ1n) is 12.6. The fourth-order valence-corrected chi connectivity index (χ4v) is 8.68. The lowest BCUT2D eigenvalue weighted by atomic mass is 9.44. The molecule has 0 bridgehead atoms. The highest BCUT2D eigenvalue weighted by Crippen LogP contribution is 2.67. The van der Waals surface area contributed by atoms with Crippen molar-refractivity contribution in [2.45, 2.75) is 97.8 Å². The second-order valence-electron chi connectivity index (χ2n) is 11.5. The Balaban J connectivity index is 1.54. The van der Waals surface area contributed by atoms with E-state index in [2.05, 4.69) is 13.8 Å². The van der Waals surface area contributed by atoms with Gasteiger partial charge in [0, 0.05) is 18.8 Å². The number of unbranched alkanes of at least 4 members (excludes halogenated alkanes) is 2. The normalized spacial score (nSPS) is 41.7. The molecule has 3 fully saturated rings. The lowest BCUT2D eigenvalue weighted by molar-refractivity contribution is -0.137. The van der Waals surface area contributed by atoms with Crippen LogP contribution in [0.1, 0.15) is 97.8 Å². The highest BCUT2D eigenvalue weighted by atomic mass is 16.4. The third kappa shape index (κ3) is 3.82. The van der Waals surface area contributed by atoms with E-state index < -0.39 is 5.97 Å². The van der Waals surface area contributed by atoms with Gasteiger partial charge in [0.2, 0.25) is 0 Å². The van der Waals surface area contributed by atoms with Crippen LogP contribution in [0.2, 0.25) is 0 Å². The van der Waals surface area contributed by atoms with Crippen LogP contribution in [0.5, 0.6) is 0 Å². The number of hydrogen-bond acceptors (Lipinski definition) is 3. The molecule has 31 heavy (non-hydrogen) atoms. The molecular weight excluding hydrogens is 388 g/mol. The zero-order chi connectivity index (χ0) is 22.4. The van der Waals surface area contributed by atoms with Crippen LogP contribution in [-0.4, -0.2) is 22.6 Å². The van der Waals surface area contributed by atoms with Crippen molar-refractivity contribution < 1.29 is 19.5 Å². The molecule has 0 heterocycles. The summed E-state index contributed by atoms with van der Waals surface area (Å²) in [5, 5.41) is 8.90. The molecular formula is C27H40O4. The topological polar surface area (TPSA) is 71.4 Å². The van der Waals surface area contributed by atoms with Crippen molar-refractivity contribution in [2.24, 2.45) is 40.4 Å². The zero-order valence-electron chi connectivity index (χ0n) is 19.6. The third-order valence-corrected chi connectivity index (χ3v) is 10.2.